The predicted octanol–water partition coefficient (Wildman–Crippen LogP) is 5.45. The van der Waals surface area contributed by atoms with Crippen LogP contribution in [0.25, 0.3) is 0 Å². The van der Waals surface area contributed by atoms with E-state index in [4.69, 9.17) is 0 Å². The number of benzene rings is 3. The number of aryl methyl sites for hydroxylation is 1. The number of anilines is 2. The Hall–Kier alpha value is -3.26. The molecule has 3 rings (SSSR count). The summed E-state index contributed by atoms with van der Waals surface area (Å²) in [6, 6.07) is 13.9. The number of carbonyl (C=O) groups excluding carboxylic acids is 1. The number of rotatable bonds is 6. The third-order valence-electron chi connectivity index (χ3n) is 4.78. The van der Waals surface area contributed by atoms with Crippen LogP contribution in [0.5, 0.6) is 0 Å². The van der Waals surface area contributed by atoms with Gasteiger partial charge in [-0.05, 0) is 54.3 Å². The highest BCUT2D eigenvalue weighted by molar-refractivity contribution is 7.92. The van der Waals surface area contributed by atoms with Crippen LogP contribution in [0.1, 0.15) is 41.3 Å². The summed E-state index contributed by atoms with van der Waals surface area (Å²) in [5.74, 6) is -2.47. The Bertz CT molecular complexity index is 1240. The van der Waals surface area contributed by atoms with E-state index in [1.165, 1.54) is 24.3 Å². The lowest BCUT2D eigenvalue weighted by Gasteiger charge is -2.17. The molecule has 5 nitrogen and oxygen atoms in total. The van der Waals surface area contributed by atoms with Gasteiger partial charge in [-0.3, -0.25) is 9.52 Å². The molecular formula is C23H22F2N2O3S. The molecule has 0 aliphatic heterocycles. The summed E-state index contributed by atoms with van der Waals surface area (Å²) in [5.41, 5.74) is 1.50. The van der Waals surface area contributed by atoms with Crippen LogP contribution in [0, 0.1) is 18.6 Å². The Morgan fingerprint density at radius 3 is 2.29 bits per heavy atom. The molecule has 0 spiro atoms. The number of halogens is 2. The van der Waals surface area contributed by atoms with E-state index in [0.717, 1.165) is 29.3 Å². The predicted molar refractivity (Wildman–Crippen MR) is 117 cm³/mol. The van der Waals surface area contributed by atoms with E-state index >= 15 is 0 Å². The molecule has 3 aromatic rings. The normalized spacial score (nSPS) is 11.4. The molecule has 0 saturated heterocycles. The first-order valence-electron chi connectivity index (χ1n) is 9.58. The number of carbonyl (C=O) groups is 1. The summed E-state index contributed by atoms with van der Waals surface area (Å²) < 4.78 is 56.6. The van der Waals surface area contributed by atoms with Crippen LogP contribution in [0.15, 0.2) is 65.6 Å². The third-order valence-corrected chi connectivity index (χ3v) is 6.13. The average Bonchev–Trinajstić information content (AvgIpc) is 2.70. The molecule has 1 amide bonds. The van der Waals surface area contributed by atoms with Crippen LogP contribution in [-0.4, -0.2) is 14.3 Å². The van der Waals surface area contributed by atoms with Crippen molar-refractivity contribution in [2.24, 2.45) is 0 Å². The van der Waals surface area contributed by atoms with Gasteiger partial charge >= 0.3 is 0 Å². The van der Waals surface area contributed by atoms with Crippen molar-refractivity contribution in [3.8, 4) is 0 Å². The lowest BCUT2D eigenvalue weighted by molar-refractivity contribution is 0.102. The van der Waals surface area contributed by atoms with Crippen LogP contribution in [0.4, 0.5) is 20.2 Å². The quantitative estimate of drug-likeness (QED) is 0.531. The van der Waals surface area contributed by atoms with Gasteiger partial charge in [0.15, 0.2) is 0 Å². The first-order valence-corrected chi connectivity index (χ1v) is 11.1. The maximum absolute atomic E-state index is 14.6. The Labute approximate surface area is 180 Å². The molecule has 0 bridgehead atoms. The zero-order valence-corrected chi connectivity index (χ0v) is 18.1. The van der Waals surface area contributed by atoms with E-state index < -0.39 is 27.6 Å². The van der Waals surface area contributed by atoms with Crippen molar-refractivity contribution in [2.45, 2.75) is 31.6 Å². The molecular weight excluding hydrogens is 422 g/mol. The fourth-order valence-corrected chi connectivity index (χ4v) is 4.27. The van der Waals surface area contributed by atoms with E-state index in [0.29, 0.717) is 5.69 Å². The summed E-state index contributed by atoms with van der Waals surface area (Å²) in [6.45, 7) is 5.67. The minimum Gasteiger partial charge on any atom is -0.319 e. The standard InChI is InChI=1S/C23H22F2N2O3S/c1-14(2)17-9-6-7-15(3)22(17)27-31(29,30)16-11-12-21(20(25)13-16)26-23(28)18-8-4-5-10-19(18)24/h4-14,27H,1-3H3,(H,26,28). The SMILES string of the molecule is Cc1cccc(C(C)C)c1NS(=O)(=O)c1ccc(NC(=O)c2ccccc2F)c(F)c1. The van der Waals surface area contributed by atoms with E-state index in [9.17, 15) is 22.0 Å². The lowest BCUT2D eigenvalue weighted by atomic mass is 9.99. The highest BCUT2D eigenvalue weighted by atomic mass is 32.2. The summed E-state index contributed by atoms with van der Waals surface area (Å²) in [6.07, 6.45) is 0. The minimum atomic E-state index is -4.08. The van der Waals surface area contributed by atoms with Gasteiger partial charge < -0.3 is 5.32 Å². The van der Waals surface area contributed by atoms with Crippen LogP contribution >= 0.6 is 0 Å². The first kappa shape index (κ1) is 22.4. The number of amides is 1. The van der Waals surface area contributed by atoms with Crippen molar-refractivity contribution in [1.29, 1.82) is 0 Å². The van der Waals surface area contributed by atoms with Gasteiger partial charge in [-0.25, -0.2) is 17.2 Å². The highest BCUT2D eigenvalue weighted by Crippen LogP contribution is 2.30. The van der Waals surface area contributed by atoms with Gasteiger partial charge in [-0.1, -0.05) is 44.2 Å². The maximum atomic E-state index is 14.6. The van der Waals surface area contributed by atoms with Crippen LogP contribution < -0.4 is 10.0 Å². The Morgan fingerprint density at radius 1 is 0.935 bits per heavy atom. The molecule has 0 aromatic heterocycles. The fraction of sp³-hybridized carbons (Fsp3) is 0.174. The average molecular weight is 445 g/mol. The number of hydrogen-bond donors (Lipinski definition) is 2. The second kappa shape index (κ2) is 8.85. The molecule has 8 heteroatoms. The molecule has 0 fully saturated rings. The molecule has 31 heavy (non-hydrogen) atoms. The lowest BCUT2D eigenvalue weighted by Crippen LogP contribution is -2.17. The van der Waals surface area contributed by atoms with Crippen molar-refractivity contribution in [2.75, 3.05) is 10.0 Å². The van der Waals surface area contributed by atoms with Crippen LogP contribution in [0.3, 0.4) is 0 Å². The van der Waals surface area contributed by atoms with Gasteiger partial charge in [-0.2, -0.15) is 0 Å². The van der Waals surface area contributed by atoms with Gasteiger partial charge in [0.2, 0.25) is 0 Å². The first-order chi connectivity index (χ1) is 14.6. The maximum Gasteiger partial charge on any atom is 0.262 e. The third kappa shape index (κ3) is 4.91. The van der Waals surface area contributed by atoms with Gasteiger partial charge in [-0.15, -0.1) is 0 Å². The number of para-hydroxylation sites is 1. The minimum absolute atomic E-state index is 0.0744. The molecule has 0 aliphatic rings. The van der Waals surface area contributed by atoms with Crippen LogP contribution in [0.2, 0.25) is 0 Å². The highest BCUT2D eigenvalue weighted by Gasteiger charge is 2.21. The second-order valence-electron chi connectivity index (χ2n) is 7.37. The van der Waals surface area contributed by atoms with Crippen LogP contribution in [-0.2, 0) is 10.0 Å². The second-order valence-corrected chi connectivity index (χ2v) is 9.06. The van der Waals surface area contributed by atoms with Crippen molar-refractivity contribution in [3.63, 3.8) is 0 Å². The van der Waals surface area contributed by atoms with Crippen molar-refractivity contribution >= 4 is 27.3 Å². The Kier molecular flexibility index (Phi) is 6.40. The summed E-state index contributed by atoms with van der Waals surface area (Å²) in [7, 11) is -4.08. The van der Waals surface area contributed by atoms with E-state index in [2.05, 4.69) is 10.0 Å². The zero-order valence-electron chi connectivity index (χ0n) is 17.2. The Balaban J connectivity index is 1.87. The number of nitrogens with one attached hydrogen (secondary N) is 2. The summed E-state index contributed by atoms with van der Waals surface area (Å²) >= 11 is 0. The van der Waals surface area contributed by atoms with Crippen molar-refractivity contribution < 1.29 is 22.0 Å². The molecule has 0 radical (unpaired) electrons. The molecule has 0 aliphatic carbocycles. The molecule has 0 atom stereocenters. The fourth-order valence-electron chi connectivity index (χ4n) is 3.10. The van der Waals surface area contributed by atoms with Crippen molar-refractivity contribution in [1.82, 2.24) is 0 Å². The van der Waals surface area contributed by atoms with E-state index in [1.54, 1.807) is 13.0 Å². The van der Waals surface area contributed by atoms with Gasteiger partial charge in [0.05, 0.1) is 21.8 Å². The largest absolute Gasteiger partial charge is 0.319 e. The summed E-state index contributed by atoms with van der Waals surface area (Å²) in [5, 5.41) is 2.26. The molecule has 3 aromatic carbocycles. The Morgan fingerprint density at radius 2 is 1.65 bits per heavy atom. The van der Waals surface area contributed by atoms with Gasteiger partial charge in [0, 0.05) is 0 Å². The number of sulfonamides is 1. The van der Waals surface area contributed by atoms with E-state index in [1.807, 2.05) is 26.0 Å². The zero-order chi connectivity index (χ0) is 22.8. The molecule has 0 saturated carbocycles. The molecule has 162 valence electrons. The van der Waals surface area contributed by atoms with Crippen molar-refractivity contribution in [3.05, 3.63) is 89.0 Å². The van der Waals surface area contributed by atoms with E-state index in [-0.39, 0.29) is 22.1 Å². The number of hydrogen-bond acceptors (Lipinski definition) is 3. The van der Waals surface area contributed by atoms with Gasteiger partial charge in [0.25, 0.3) is 15.9 Å². The smallest absolute Gasteiger partial charge is 0.262 e. The summed E-state index contributed by atoms with van der Waals surface area (Å²) in [4.78, 5) is 11.9. The molecule has 0 unspecified atom stereocenters. The molecule has 2 N–H and O–H groups in total. The molecule has 0 heterocycles. The topological polar surface area (TPSA) is 75.3 Å². The monoisotopic (exact) mass is 444 g/mol. The van der Waals surface area contributed by atoms with Gasteiger partial charge in [0.1, 0.15) is 11.6 Å².